The molecule has 0 bridgehead atoms. The number of hydrogen-bond acceptors (Lipinski definition) is 6. The fourth-order valence-corrected chi connectivity index (χ4v) is 4.85. The largest absolute Gasteiger partial charge is 0.463 e. The maximum absolute atomic E-state index is 13.1. The molecule has 3 heterocycles. The van der Waals surface area contributed by atoms with Crippen LogP contribution in [-0.4, -0.2) is 53.4 Å². The highest BCUT2D eigenvalue weighted by atomic mass is 32.2. The van der Waals surface area contributed by atoms with Crippen LogP contribution in [0.15, 0.2) is 22.8 Å². The Labute approximate surface area is 156 Å². The second-order valence-corrected chi connectivity index (χ2v) is 7.62. The Morgan fingerprint density at radius 1 is 1.38 bits per heavy atom. The molecule has 3 rings (SSSR count). The van der Waals surface area contributed by atoms with Crippen molar-refractivity contribution >= 4 is 29.5 Å². The van der Waals surface area contributed by atoms with Gasteiger partial charge in [0.15, 0.2) is 11.8 Å². The third kappa shape index (κ3) is 2.75. The molecule has 1 aromatic rings. The lowest BCUT2D eigenvalue weighted by Crippen LogP contribution is -2.98. The molecule has 7 nitrogen and oxygen atoms in total. The van der Waals surface area contributed by atoms with Crippen LogP contribution in [0.3, 0.4) is 0 Å². The summed E-state index contributed by atoms with van der Waals surface area (Å²) in [6.07, 6.45) is 3.96. The number of esters is 1. The van der Waals surface area contributed by atoms with Crippen molar-refractivity contribution in [1.29, 1.82) is 0 Å². The quantitative estimate of drug-likeness (QED) is 0.548. The number of quaternary nitrogens is 1. The maximum Gasteiger partial charge on any atom is 0.368 e. The molecule has 0 saturated carbocycles. The van der Waals surface area contributed by atoms with Gasteiger partial charge in [0.25, 0.3) is 0 Å². The van der Waals surface area contributed by atoms with E-state index < -0.39 is 29.4 Å². The first-order chi connectivity index (χ1) is 12.5. The van der Waals surface area contributed by atoms with Crippen molar-refractivity contribution in [1.82, 2.24) is 4.90 Å². The molecule has 26 heavy (non-hydrogen) atoms. The summed E-state index contributed by atoms with van der Waals surface area (Å²) < 4.78 is 10.9. The third-order valence-corrected chi connectivity index (χ3v) is 6.04. The van der Waals surface area contributed by atoms with Gasteiger partial charge in [0.1, 0.15) is 11.8 Å². The molecule has 2 aliphatic heterocycles. The van der Waals surface area contributed by atoms with Gasteiger partial charge in [-0.05, 0) is 38.0 Å². The minimum atomic E-state index is -1.10. The van der Waals surface area contributed by atoms with Gasteiger partial charge in [0.05, 0.1) is 12.9 Å². The first-order valence-corrected chi connectivity index (χ1v) is 10.3. The molecule has 4 atom stereocenters. The molecule has 1 aromatic heterocycles. The van der Waals surface area contributed by atoms with E-state index >= 15 is 0 Å². The second kappa shape index (κ2) is 7.44. The number of likely N-dealkylation sites (tertiary alicyclic amines) is 1. The summed E-state index contributed by atoms with van der Waals surface area (Å²) in [6.45, 7) is 4.06. The van der Waals surface area contributed by atoms with Gasteiger partial charge in [-0.3, -0.25) is 14.5 Å². The summed E-state index contributed by atoms with van der Waals surface area (Å²) >= 11 is 1.60. The van der Waals surface area contributed by atoms with Gasteiger partial charge in [-0.1, -0.05) is 0 Å². The van der Waals surface area contributed by atoms with Crippen LogP contribution in [0.2, 0.25) is 0 Å². The second-order valence-electron chi connectivity index (χ2n) is 6.64. The van der Waals surface area contributed by atoms with Crippen molar-refractivity contribution in [2.24, 2.45) is 11.8 Å². The van der Waals surface area contributed by atoms with E-state index in [0.717, 1.165) is 0 Å². The molecule has 2 N–H and O–H groups in total. The van der Waals surface area contributed by atoms with Crippen LogP contribution in [0.25, 0.3) is 0 Å². The number of hydrogen-bond donors (Lipinski definition) is 1. The summed E-state index contributed by atoms with van der Waals surface area (Å²) in [5.74, 6) is -0.961. The molecule has 0 unspecified atom stereocenters. The number of nitrogens with two attached hydrogens (primary N) is 1. The zero-order valence-electron chi connectivity index (χ0n) is 15.3. The van der Waals surface area contributed by atoms with Crippen molar-refractivity contribution in [3.8, 4) is 0 Å². The number of fused-ring (bicyclic) bond motifs is 1. The molecule has 8 heteroatoms. The highest BCUT2D eigenvalue weighted by Gasteiger charge is 2.72. The lowest BCUT2D eigenvalue weighted by Gasteiger charge is -2.29. The Morgan fingerprint density at radius 2 is 2.15 bits per heavy atom. The van der Waals surface area contributed by atoms with Crippen LogP contribution < -0.4 is 5.32 Å². The zero-order chi connectivity index (χ0) is 18.9. The number of carbonyl (C=O) groups excluding carboxylic acids is 3. The number of thioether (sulfide) groups is 1. The molecule has 0 spiro atoms. The Bertz CT molecular complexity index is 692. The fourth-order valence-electron chi connectivity index (χ4n) is 4.31. The Morgan fingerprint density at radius 3 is 2.73 bits per heavy atom. The van der Waals surface area contributed by atoms with Gasteiger partial charge in [0, 0.05) is 13.0 Å². The molecule has 2 saturated heterocycles. The van der Waals surface area contributed by atoms with Crippen molar-refractivity contribution in [2.45, 2.75) is 31.8 Å². The van der Waals surface area contributed by atoms with Crippen LogP contribution in [0.5, 0.6) is 0 Å². The van der Waals surface area contributed by atoms with Gasteiger partial charge in [-0.2, -0.15) is 11.8 Å². The summed E-state index contributed by atoms with van der Waals surface area (Å²) in [5, 5.41) is 1.85. The van der Waals surface area contributed by atoms with E-state index in [0.29, 0.717) is 24.5 Å². The molecular weight excluding hydrogens is 356 g/mol. The Kier molecular flexibility index (Phi) is 5.43. The normalized spacial score (nSPS) is 30.7. The number of amides is 2. The lowest BCUT2D eigenvalue weighted by molar-refractivity contribution is -0.736. The van der Waals surface area contributed by atoms with E-state index in [4.69, 9.17) is 9.15 Å². The fraction of sp³-hybridized carbons (Fsp3) is 0.611. The maximum atomic E-state index is 13.1. The first kappa shape index (κ1) is 19.0. The monoisotopic (exact) mass is 381 g/mol. The molecule has 0 aromatic carbocycles. The molecule has 2 fully saturated rings. The predicted octanol–water partition coefficient (Wildman–Crippen LogP) is 0.574. The summed E-state index contributed by atoms with van der Waals surface area (Å²) in [5.41, 5.74) is -1.10. The Balaban J connectivity index is 2.10. The molecular formula is C18H25N2O5S+. The van der Waals surface area contributed by atoms with Crippen LogP contribution in [-0.2, 0) is 19.1 Å². The number of ether oxygens (including phenoxy) is 1. The molecule has 142 valence electrons. The summed E-state index contributed by atoms with van der Waals surface area (Å²) in [4.78, 5) is 40.3. The van der Waals surface area contributed by atoms with E-state index in [1.54, 1.807) is 44.0 Å². The molecule has 0 radical (unpaired) electrons. The number of furan rings is 1. The van der Waals surface area contributed by atoms with E-state index in [1.807, 2.05) is 11.6 Å². The standard InChI is InChI=1S/C18H24N2O5S/c1-4-20-15(21)12-13(16(20)22)18(8-10-26-3,17(23)24-5-2)19-14(12)11-7-6-9-25-11/h6-7,9,12-14,19H,4-5,8,10H2,1-3H3/p+1/t12-,13-,14+,18+/m0/s1. The number of imide groups is 1. The summed E-state index contributed by atoms with van der Waals surface area (Å²) in [7, 11) is 0. The number of carbonyl (C=O) groups is 3. The first-order valence-electron chi connectivity index (χ1n) is 8.92. The van der Waals surface area contributed by atoms with Crippen LogP contribution >= 0.6 is 11.8 Å². The van der Waals surface area contributed by atoms with E-state index in [-0.39, 0.29) is 18.4 Å². The van der Waals surface area contributed by atoms with Crippen LogP contribution in [0, 0.1) is 11.8 Å². The van der Waals surface area contributed by atoms with E-state index in [9.17, 15) is 14.4 Å². The third-order valence-electron chi connectivity index (χ3n) is 5.42. The average Bonchev–Trinajstić information content (AvgIpc) is 3.31. The Hall–Kier alpha value is -1.80. The minimum absolute atomic E-state index is 0.226. The topological polar surface area (TPSA) is 93.4 Å². The van der Waals surface area contributed by atoms with Gasteiger partial charge < -0.3 is 14.5 Å². The molecule has 2 aliphatic rings. The van der Waals surface area contributed by atoms with E-state index in [2.05, 4.69) is 0 Å². The number of nitrogens with zero attached hydrogens (tertiary/aromatic N) is 1. The van der Waals surface area contributed by atoms with Crippen molar-refractivity contribution in [3.05, 3.63) is 24.2 Å². The number of rotatable bonds is 7. The van der Waals surface area contributed by atoms with Gasteiger partial charge >= 0.3 is 5.97 Å². The van der Waals surface area contributed by atoms with Crippen LogP contribution in [0.4, 0.5) is 0 Å². The lowest BCUT2D eigenvalue weighted by atomic mass is 9.78. The zero-order valence-corrected chi connectivity index (χ0v) is 16.1. The van der Waals surface area contributed by atoms with Gasteiger partial charge in [0.2, 0.25) is 17.4 Å². The van der Waals surface area contributed by atoms with Crippen molar-refractivity contribution in [3.63, 3.8) is 0 Å². The van der Waals surface area contributed by atoms with Crippen molar-refractivity contribution in [2.75, 3.05) is 25.2 Å². The van der Waals surface area contributed by atoms with Gasteiger partial charge in [-0.15, -0.1) is 0 Å². The highest BCUT2D eigenvalue weighted by molar-refractivity contribution is 7.98. The smallest absolute Gasteiger partial charge is 0.368 e. The van der Waals surface area contributed by atoms with Crippen LogP contribution in [0.1, 0.15) is 32.1 Å². The van der Waals surface area contributed by atoms with E-state index in [1.165, 1.54) is 4.90 Å². The van der Waals surface area contributed by atoms with Gasteiger partial charge in [-0.25, -0.2) is 4.79 Å². The summed E-state index contributed by atoms with van der Waals surface area (Å²) in [6, 6.07) is 3.14. The average molecular weight is 381 g/mol. The molecule has 2 amide bonds. The van der Waals surface area contributed by atoms with Crippen molar-refractivity contribution < 1.29 is 28.9 Å². The predicted molar refractivity (Wildman–Crippen MR) is 95.1 cm³/mol. The minimum Gasteiger partial charge on any atom is -0.463 e. The SMILES string of the molecule is CCOC(=O)[C@]1(CCSC)[NH2+][C@H](c2ccco2)[C@H]2C(=O)N(CC)C(=O)[C@H]21. The molecule has 0 aliphatic carbocycles. The highest BCUT2D eigenvalue weighted by Crippen LogP contribution is 2.46.